The van der Waals surface area contributed by atoms with Gasteiger partial charge in [-0.15, -0.1) is 0 Å². The molecule has 1 aliphatic rings. The summed E-state index contributed by atoms with van der Waals surface area (Å²) in [6, 6.07) is 5.67. The van der Waals surface area contributed by atoms with Crippen LogP contribution >= 0.6 is 0 Å². The van der Waals surface area contributed by atoms with Crippen molar-refractivity contribution in [2.75, 3.05) is 0 Å². The zero-order chi connectivity index (χ0) is 23.5. The van der Waals surface area contributed by atoms with Gasteiger partial charge in [0.2, 0.25) is 0 Å². The summed E-state index contributed by atoms with van der Waals surface area (Å²) in [6.45, 7) is 4.47. The lowest BCUT2D eigenvalue weighted by Crippen LogP contribution is -2.15. The Bertz CT molecular complexity index is 892. The van der Waals surface area contributed by atoms with Crippen molar-refractivity contribution >= 4 is 10.8 Å². The molecule has 0 N–H and O–H groups in total. The topological polar surface area (TPSA) is 30.2 Å². The molecule has 0 unspecified atom stereocenters. The van der Waals surface area contributed by atoms with Crippen LogP contribution in [0.1, 0.15) is 121 Å². The maximum Gasteiger partial charge on any atom is 0.346 e. The third-order valence-corrected chi connectivity index (χ3v) is 7.78. The third kappa shape index (κ3) is 7.97. The van der Waals surface area contributed by atoms with Crippen molar-refractivity contribution in [1.29, 1.82) is 0 Å². The highest BCUT2D eigenvalue weighted by Crippen LogP contribution is 2.34. The minimum Gasteiger partial charge on any atom is -0.427 e. The van der Waals surface area contributed by atoms with Gasteiger partial charge in [-0.25, -0.2) is 9.18 Å². The molecule has 0 amide bonds. The Balaban J connectivity index is 1.51. The normalized spacial score (nSPS) is 18.8. The first-order valence-electron chi connectivity index (χ1n) is 13.9. The molecule has 3 heteroatoms. The van der Waals surface area contributed by atoms with Gasteiger partial charge < -0.3 is 4.42 Å². The number of hydrogen-bond donors (Lipinski definition) is 0. The van der Waals surface area contributed by atoms with Crippen molar-refractivity contribution in [2.45, 2.75) is 123 Å². The molecule has 3 rings (SSSR count). The Kier molecular flexibility index (Phi) is 11.0. The summed E-state index contributed by atoms with van der Waals surface area (Å²) < 4.78 is 20.7. The van der Waals surface area contributed by atoms with Gasteiger partial charge in [0, 0.05) is 6.42 Å². The fraction of sp³-hybridized carbons (Fsp3) is 0.700. The zero-order valence-corrected chi connectivity index (χ0v) is 21.1. The fourth-order valence-electron chi connectivity index (χ4n) is 5.58. The highest BCUT2D eigenvalue weighted by Gasteiger charge is 2.21. The van der Waals surface area contributed by atoms with E-state index in [9.17, 15) is 4.79 Å². The number of aryl methyl sites for hydroxylation is 2. The van der Waals surface area contributed by atoms with E-state index in [4.69, 9.17) is 4.42 Å². The Morgan fingerprint density at radius 1 is 0.818 bits per heavy atom. The van der Waals surface area contributed by atoms with Crippen molar-refractivity contribution in [1.82, 2.24) is 0 Å². The Labute approximate surface area is 200 Å². The summed E-state index contributed by atoms with van der Waals surface area (Å²) in [5.74, 6) is 1.92. The van der Waals surface area contributed by atoms with Gasteiger partial charge in [-0.1, -0.05) is 109 Å². The van der Waals surface area contributed by atoms with Crippen LogP contribution in [0, 0.1) is 17.7 Å². The minimum atomic E-state index is -0.515. The molecule has 2 nitrogen and oxygen atoms in total. The second kappa shape index (κ2) is 13.9. The second-order valence-electron chi connectivity index (χ2n) is 10.4. The maximum absolute atomic E-state index is 15.2. The van der Waals surface area contributed by atoms with Gasteiger partial charge in [-0.2, -0.15) is 0 Å². The first-order valence-corrected chi connectivity index (χ1v) is 13.9. The molecule has 1 aliphatic carbocycles. The largest absolute Gasteiger partial charge is 0.427 e. The van der Waals surface area contributed by atoms with Crippen molar-refractivity contribution in [3.8, 4) is 0 Å². The fourth-order valence-corrected chi connectivity index (χ4v) is 5.58. The highest BCUT2D eigenvalue weighted by molar-refractivity contribution is 5.82. The van der Waals surface area contributed by atoms with Crippen LogP contribution in [0.15, 0.2) is 27.4 Å². The maximum atomic E-state index is 15.2. The molecule has 0 radical (unpaired) electrons. The molecule has 1 aromatic carbocycles. The molecule has 0 aliphatic heterocycles. The molecular weight excluding hydrogens is 411 g/mol. The van der Waals surface area contributed by atoms with E-state index in [1.165, 1.54) is 77.0 Å². The summed E-state index contributed by atoms with van der Waals surface area (Å²) in [7, 11) is 0. The average Bonchev–Trinajstić information content (AvgIpc) is 2.82. The van der Waals surface area contributed by atoms with Gasteiger partial charge in [-0.05, 0) is 48.1 Å². The summed E-state index contributed by atoms with van der Waals surface area (Å²) in [5.41, 5.74) is 0.155. The van der Waals surface area contributed by atoms with Crippen molar-refractivity contribution < 1.29 is 8.81 Å². The number of halogens is 1. The van der Waals surface area contributed by atoms with E-state index in [1.807, 2.05) is 18.2 Å². The predicted octanol–water partition coefficient (Wildman–Crippen LogP) is 9.15. The lowest BCUT2D eigenvalue weighted by Gasteiger charge is -2.28. The average molecular weight is 457 g/mol. The van der Waals surface area contributed by atoms with Crippen LogP contribution in [-0.4, -0.2) is 0 Å². The van der Waals surface area contributed by atoms with Crippen LogP contribution in [-0.2, 0) is 12.8 Å². The molecule has 0 atom stereocenters. The molecule has 1 fully saturated rings. The van der Waals surface area contributed by atoms with E-state index in [2.05, 4.69) is 13.8 Å². The Morgan fingerprint density at radius 2 is 1.45 bits per heavy atom. The predicted molar refractivity (Wildman–Crippen MR) is 137 cm³/mol. The highest BCUT2D eigenvalue weighted by atomic mass is 19.1. The Morgan fingerprint density at radius 3 is 2.15 bits per heavy atom. The van der Waals surface area contributed by atoms with Crippen LogP contribution in [0.4, 0.5) is 4.39 Å². The zero-order valence-electron chi connectivity index (χ0n) is 21.1. The summed E-state index contributed by atoms with van der Waals surface area (Å²) in [5, 5.41) is 0.817. The molecule has 0 spiro atoms. The van der Waals surface area contributed by atoms with E-state index >= 15 is 4.39 Å². The van der Waals surface area contributed by atoms with E-state index < -0.39 is 5.63 Å². The molecule has 184 valence electrons. The van der Waals surface area contributed by atoms with Crippen LogP contribution in [0.25, 0.3) is 10.8 Å². The molecule has 33 heavy (non-hydrogen) atoms. The molecule has 1 saturated carbocycles. The number of rotatable bonds is 14. The van der Waals surface area contributed by atoms with Crippen molar-refractivity contribution in [3.63, 3.8) is 0 Å². The van der Waals surface area contributed by atoms with Gasteiger partial charge in [0.15, 0.2) is 0 Å². The molecule has 0 bridgehead atoms. The molecule has 1 heterocycles. The minimum absolute atomic E-state index is 0.137. The number of unbranched alkanes of at least 4 members (excludes halogenated alkanes) is 7. The SMILES string of the molecule is CCCCCCCc1cc2ccc(CCC3CCC(CCCCCC)CC3)c(F)c2c(=O)o1. The first kappa shape index (κ1) is 26.0. The second-order valence-corrected chi connectivity index (χ2v) is 10.4. The van der Waals surface area contributed by atoms with Crippen molar-refractivity contribution in [3.05, 3.63) is 45.8 Å². The smallest absolute Gasteiger partial charge is 0.346 e. The lowest BCUT2D eigenvalue weighted by molar-refractivity contribution is 0.248. The summed E-state index contributed by atoms with van der Waals surface area (Å²) in [4.78, 5) is 12.6. The van der Waals surface area contributed by atoms with Gasteiger partial charge >= 0.3 is 5.63 Å². The van der Waals surface area contributed by atoms with E-state index in [1.54, 1.807) is 0 Å². The van der Waals surface area contributed by atoms with Crippen LogP contribution in [0.3, 0.4) is 0 Å². The third-order valence-electron chi connectivity index (χ3n) is 7.78. The van der Waals surface area contributed by atoms with E-state index in [0.29, 0.717) is 29.0 Å². The molecule has 0 saturated heterocycles. The standard InChI is InChI=1S/C30H45FO2/c1-3-5-7-9-11-13-27-22-26-21-20-25(29(31)28(26)30(32)33-27)19-18-24-16-14-23(15-17-24)12-10-8-6-4-2/h20-24H,3-19H2,1-2H3. The Hall–Kier alpha value is -1.64. The van der Waals surface area contributed by atoms with Crippen LogP contribution < -0.4 is 5.63 Å². The quantitative estimate of drug-likeness (QED) is 0.265. The lowest BCUT2D eigenvalue weighted by atomic mass is 9.77. The molecular formula is C30H45FO2. The van der Waals surface area contributed by atoms with Crippen molar-refractivity contribution in [2.24, 2.45) is 11.8 Å². The van der Waals surface area contributed by atoms with Gasteiger partial charge in [-0.3, -0.25) is 0 Å². The first-order chi connectivity index (χ1) is 16.1. The van der Waals surface area contributed by atoms with Gasteiger partial charge in [0.1, 0.15) is 17.0 Å². The van der Waals surface area contributed by atoms with Crippen LogP contribution in [0.2, 0.25) is 0 Å². The number of fused-ring (bicyclic) bond motifs is 1. The molecule has 2 aromatic rings. The van der Waals surface area contributed by atoms with Gasteiger partial charge in [0.05, 0.1) is 0 Å². The molecule has 1 aromatic heterocycles. The van der Waals surface area contributed by atoms with Crippen LogP contribution in [0.5, 0.6) is 0 Å². The summed E-state index contributed by atoms with van der Waals surface area (Å²) >= 11 is 0. The van der Waals surface area contributed by atoms with Gasteiger partial charge in [0.25, 0.3) is 0 Å². The number of hydrogen-bond acceptors (Lipinski definition) is 2. The summed E-state index contributed by atoms with van der Waals surface area (Å²) in [6.07, 6.45) is 20.4. The monoisotopic (exact) mass is 456 g/mol. The number of benzene rings is 1. The van der Waals surface area contributed by atoms with E-state index in [-0.39, 0.29) is 11.2 Å². The van der Waals surface area contributed by atoms with E-state index in [0.717, 1.165) is 31.6 Å².